The first-order valence-corrected chi connectivity index (χ1v) is 9.69. The van der Waals surface area contributed by atoms with E-state index in [1.807, 2.05) is 6.92 Å². The van der Waals surface area contributed by atoms with Gasteiger partial charge in [-0.15, -0.1) is 0 Å². The number of benzene rings is 1. The summed E-state index contributed by atoms with van der Waals surface area (Å²) in [5.41, 5.74) is 7.45. The van der Waals surface area contributed by atoms with Gasteiger partial charge in [-0.3, -0.25) is 4.79 Å². The Balaban J connectivity index is 2.32. The highest BCUT2D eigenvalue weighted by atomic mass is 35.5. The second kappa shape index (κ2) is 8.71. The molecular weight excluding hydrogens is 396 g/mol. The largest absolute Gasteiger partial charge is 0.465 e. The number of nitrogens with zero attached hydrogens (tertiary/aromatic N) is 1. The summed E-state index contributed by atoms with van der Waals surface area (Å²) in [6, 6.07) is 8.56. The number of pyridine rings is 1. The number of carbonyl (C=O) groups is 1. The lowest BCUT2D eigenvalue weighted by Gasteiger charge is -2.29. The van der Waals surface area contributed by atoms with Crippen LogP contribution in [0.3, 0.4) is 0 Å². The fourth-order valence-corrected chi connectivity index (χ4v) is 3.75. The van der Waals surface area contributed by atoms with Gasteiger partial charge in [0.15, 0.2) is 0 Å². The lowest BCUT2D eigenvalue weighted by Crippen LogP contribution is -2.36. The summed E-state index contributed by atoms with van der Waals surface area (Å²) in [5, 5.41) is 9.99. The van der Waals surface area contributed by atoms with E-state index in [9.17, 15) is 14.7 Å². The van der Waals surface area contributed by atoms with Crippen LogP contribution in [0.4, 0.5) is 0 Å². The van der Waals surface area contributed by atoms with E-state index >= 15 is 0 Å². The average molecular weight is 419 g/mol. The van der Waals surface area contributed by atoms with E-state index in [2.05, 4.69) is 0 Å². The second-order valence-corrected chi connectivity index (χ2v) is 7.14. The summed E-state index contributed by atoms with van der Waals surface area (Å²) < 4.78 is 12.1. The van der Waals surface area contributed by atoms with Crippen molar-refractivity contribution in [3.63, 3.8) is 0 Å². The molecular formula is C21H23ClN2O5. The zero-order valence-corrected chi connectivity index (χ0v) is 17.0. The van der Waals surface area contributed by atoms with Crippen molar-refractivity contribution < 1.29 is 19.4 Å². The maximum atomic E-state index is 13.4. The molecule has 0 bridgehead atoms. The van der Waals surface area contributed by atoms with E-state index in [-0.39, 0.29) is 35.7 Å². The molecule has 0 fully saturated rings. The van der Waals surface area contributed by atoms with Gasteiger partial charge in [-0.2, -0.15) is 0 Å². The van der Waals surface area contributed by atoms with Gasteiger partial charge in [0.25, 0.3) is 5.56 Å². The van der Waals surface area contributed by atoms with Gasteiger partial charge in [-0.1, -0.05) is 37.1 Å². The number of fused-ring (bicyclic) bond motifs is 1. The maximum Gasteiger partial charge on any atom is 0.340 e. The molecule has 0 aliphatic carbocycles. The molecule has 2 heterocycles. The first-order chi connectivity index (χ1) is 13.9. The Labute approximate surface area is 173 Å². The second-order valence-electron chi connectivity index (χ2n) is 6.70. The summed E-state index contributed by atoms with van der Waals surface area (Å²) >= 11 is 6.01. The monoisotopic (exact) mass is 418 g/mol. The molecule has 29 heavy (non-hydrogen) atoms. The average Bonchev–Trinajstić information content (AvgIpc) is 2.70. The lowest BCUT2D eigenvalue weighted by atomic mass is 9.83. The smallest absolute Gasteiger partial charge is 0.340 e. The highest BCUT2D eigenvalue weighted by molar-refractivity contribution is 6.30. The molecule has 8 heteroatoms. The van der Waals surface area contributed by atoms with Gasteiger partial charge in [0, 0.05) is 23.3 Å². The molecule has 154 valence electrons. The fraction of sp³-hybridized carbons (Fsp3) is 0.333. The number of nitrogens with two attached hydrogens (primary N) is 1. The van der Waals surface area contributed by atoms with Crippen LogP contribution in [0.5, 0.6) is 5.75 Å². The number of halogens is 1. The molecule has 0 spiro atoms. The molecule has 0 saturated heterocycles. The molecule has 1 unspecified atom stereocenters. The molecule has 1 atom stereocenters. The lowest BCUT2D eigenvalue weighted by molar-refractivity contribution is -0.136. The maximum absolute atomic E-state index is 13.4. The Kier molecular flexibility index (Phi) is 6.30. The number of aliphatic hydroxyl groups is 1. The zero-order valence-electron chi connectivity index (χ0n) is 16.3. The topological polar surface area (TPSA) is 104 Å². The van der Waals surface area contributed by atoms with Crippen LogP contribution in [-0.2, 0) is 22.5 Å². The number of methoxy groups -OCH3 is 1. The van der Waals surface area contributed by atoms with Gasteiger partial charge in [-0.25, -0.2) is 4.79 Å². The van der Waals surface area contributed by atoms with Crippen LogP contribution >= 0.6 is 11.6 Å². The Bertz CT molecular complexity index is 1010. The van der Waals surface area contributed by atoms with Crippen molar-refractivity contribution in [2.75, 3.05) is 13.7 Å². The number of carbonyl (C=O) groups excluding carboxylic acids is 1. The molecule has 1 aromatic heterocycles. The van der Waals surface area contributed by atoms with Crippen molar-refractivity contribution >= 4 is 17.6 Å². The fourth-order valence-electron chi connectivity index (χ4n) is 3.62. The Hall–Kier alpha value is -2.77. The van der Waals surface area contributed by atoms with Crippen LogP contribution in [0.15, 0.2) is 46.6 Å². The number of esters is 1. The van der Waals surface area contributed by atoms with E-state index in [4.69, 9.17) is 26.8 Å². The Morgan fingerprint density at radius 3 is 2.62 bits per heavy atom. The Morgan fingerprint density at radius 2 is 2.03 bits per heavy atom. The molecule has 1 aliphatic rings. The van der Waals surface area contributed by atoms with E-state index in [0.717, 1.165) is 12.1 Å². The van der Waals surface area contributed by atoms with Gasteiger partial charge in [0.2, 0.25) is 5.88 Å². The summed E-state index contributed by atoms with van der Waals surface area (Å²) in [6.45, 7) is 1.94. The van der Waals surface area contributed by atoms with Crippen LogP contribution in [0.25, 0.3) is 0 Å². The first kappa shape index (κ1) is 21.0. The molecule has 1 aliphatic heterocycles. The molecule has 7 nitrogen and oxygen atoms in total. The number of aromatic nitrogens is 1. The number of aliphatic hydroxyl groups excluding tert-OH is 1. The summed E-state index contributed by atoms with van der Waals surface area (Å²) in [7, 11) is 1.24. The molecule has 0 radical (unpaired) electrons. The van der Waals surface area contributed by atoms with Gasteiger partial charge >= 0.3 is 5.97 Å². The van der Waals surface area contributed by atoms with E-state index < -0.39 is 11.9 Å². The summed E-state index contributed by atoms with van der Waals surface area (Å²) in [5.74, 6) is -1.26. The number of aryl methyl sites for hydroxylation is 1. The van der Waals surface area contributed by atoms with Crippen LogP contribution in [-0.4, -0.2) is 29.4 Å². The first-order valence-electron chi connectivity index (χ1n) is 9.31. The minimum Gasteiger partial charge on any atom is -0.465 e. The van der Waals surface area contributed by atoms with Crippen LogP contribution in [0, 0.1) is 0 Å². The molecule has 0 saturated carbocycles. The third-order valence-electron chi connectivity index (χ3n) is 4.89. The van der Waals surface area contributed by atoms with Crippen molar-refractivity contribution in [3.8, 4) is 5.75 Å². The zero-order chi connectivity index (χ0) is 21.1. The van der Waals surface area contributed by atoms with Crippen LogP contribution in [0.2, 0.25) is 5.02 Å². The number of hydrogen-bond donors (Lipinski definition) is 2. The van der Waals surface area contributed by atoms with Crippen LogP contribution in [0.1, 0.15) is 36.1 Å². The van der Waals surface area contributed by atoms with Gasteiger partial charge in [-0.05, 0) is 24.1 Å². The van der Waals surface area contributed by atoms with Crippen LogP contribution < -0.4 is 16.0 Å². The SMILES string of the molecule is CCCc1cc2c(c(=O)n1CCO)C(c1ccc(Cl)cc1)C(C(=O)OC)=C(N)O2. The van der Waals surface area contributed by atoms with Gasteiger partial charge < -0.3 is 24.9 Å². The van der Waals surface area contributed by atoms with Gasteiger partial charge in [0.1, 0.15) is 11.3 Å². The third kappa shape index (κ3) is 3.88. The van der Waals surface area contributed by atoms with Gasteiger partial charge in [0.05, 0.1) is 25.2 Å². The van der Waals surface area contributed by atoms with E-state index in [1.54, 1.807) is 30.3 Å². The molecule has 1 aromatic carbocycles. The standard InChI is InChI=1S/C21H23ClN2O5/c1-3-4-14-11-15-17(20(26)24(14)9-10-25)16(12-5-7-13(22)8-6-12)18(19(23)29-15)21(27)28-2/h5-8,11,16,25H,3-4,9-10,23H2,1-2H3. The molecule has 0 amide bonds. The van der Waals surface area contributed by atoms with E-state index in [1.165, 1.54) is 11.7 Å². The summed E-state index contributed by atoms with van der Waals surface area (Å²) in [4.78, 5) is 26.0. The third-order valence-corrected chi connectivity index (χ3v) is 5.14. The highest BCUT2D eigenvalue weighted by Crippen LogP contribution is 2.41. The number of ether oxygens (including phenoxy) is 2. The predicted molar refractivity (Wildman–Crippen MR) is 109 cm³/mol. The molecule has 3 rings (SSSR count). The van der Waals surface area contributed by atoms with Crippen molar-refractivity contribution in [3.05, 3.63) is 74.0 Å². The Morgan fingerprint density at radius 1 is 1.34 bits per heavy atom. The molecule has 3 N–H and O–H groups in total. The van der Waals surface area contributed by atoms with Crippen molar-refractivity contribution in [2.45, 2.75) is 32.2 Å². The highest BCUT2D eigenvalue weighted by Gasteiger charge is 2.38. The van der Waals surface area contributed by atoms with E-state index in [0.29, 0.717) is 22.8 Å². The normalized spacial score (nSPS) is 15.7. The van der Waals surface area contributed by atoms with Crippen molar-refractivity contribution in [1.29, 1.82) is 0 Å². The number of rotatable bonds is 6. The predicted octanol–water partition coefficient (Wildman–Crippen LogP) is 2.31. The quantitative estimate of drug-likeness (QED) is 0.698. The minimum absolute atomic E-state index is 0.0539. The number of hydrogen-bond acceptors (Lipinski definition) is 6. The molecule has 2 aromatic rings. The summed E-state index contributed by atoms with van der Waals surface area (Å²) in [6.07, 6.45) is 1.44. The van der Waals surface area contributed by atoms with Crippen molar-refractivity contribution in [2.24, 2.45) is 5.73 Å². The minimum atomic E-state index is -0.781. The van der Waals surface area contributed by atoms with Crippen molar-refractivity contribution in [1.82, 2.24) is 4.57 Å².